The lowest BCUT2D eigenvalue weighted by atomic mass is 10.0. The van der Waals surface area contributed by atoms with Crippen LogP contribution in [0, 0.1) is 12.8 Å². The average molecular weight is 323 g/mol. The molecule has 3 N–H and O–H groups in total. The molecule has 0 bridgehead atoms. The van der Waals surface area contributed by atoms with Crippen LogP contribution in [-0.4, -0.2) is 65.5 Å². The van der Waals surface area contributed by atoms with E-state index in [0.717, 1.165) is 0 Å². The van der Waals surface area contributed by atoms with Crippen molar-refractivity contribution in [1.29, 1.82) is 0 Å². The van der Waals surface area contributed by atoms with Gasteiger partial charge in [-0.25, -0.2) is 0 Å². The normalized spacial score (nSPS) is 18.5. The van der Waals surface area contributed by atoms with Crippen molar-refractivity contribution in [2.75, 3.05) is 38.0 Å². The highest BCUT2D eigenvalue weighted by molar-refractivity contribution is 5.91. The van der Waals surface area contributed by atoms with E-state index in [1.165, 1.54) is 0 Å². The molecule has 1 fully saturated rings. The fourth-order valence-electron chi connectivity index (χ4n) is 2.45. The number of nitrogens with zero attached hydrogens (tertiary/aromatic N) is 3. The third kappa shape index (κ3) is 4.77. The lowest BCUT2D eigenvalue weighted by Gasteiger charge is -2.36. The number of rotatable bonds is 5. The number of nitrogens with one attached hydrogen (secondary N) is 1. The van der Waals surface area contributed by atoms with Gasteiger partial charge in [0.05, 0.1) is 12.5 Å². The summed E-state index contributed by atoms with van der Waals surface area (Å²) < 4.78 is 4.90. The van der Waals surface area contributed by atoms with Gasteiger partial charge < -0.3 is 20.5 Å². The molecule has 8 nitrogen and oxygen atoms in total. The third-order valence-corrected chi connectivity index (χ3v) is 4.12. The lowest BCUT2D eigenvalue weighted by Crippen LogP contribution is -2.53. The maximum Gasteiger partial charge on any atom is 0.239 e. The summed E-state index contributed by atoms with van der Waals surface area (Å²) in [7, 11) is 0. The SMILES string of the molecule is Cc1cc(NC(=O)CN2CCN(C(=O)C(C)C(C)N)CC2)no1. The van der Waals surface area contributed by atoms with E-state index in [2.05, 4.69) is 10.5 Å². The van der Waals surface area contributed by atoms with Crippen molar-refractivity contribution < 1.29 is 14.1 Å². The van der Waals surface area contributed by atoms with Gasteiger partial charge in [-0.15, -0.1) is 0 Å². The van der Waals surface area contributed by atoms with Gasteiger partial charge in [-0.2, -0.15) is 0 Å². The molecule has 23 heavy (non-hydrogen) atoms. The maximum absolute atomic E-state index is 12.2. The Labute approximate surface area is 136 Å². The van der Waals surface area contributed by atoms with E-state index in [1.54, 1.807) is 13.0 Å². The molecule has 0 spiro atoms. The Balaban J connectivity index is 1.76. The fourth-order valence-corrected chi connectivity index (χ4v) is 2.45. The topological polar surface area (TPSA) is 105 Å². The fraction of sp³-hybridized carbons (Fsp3) is 0.667. The first-order valence-corrected chi connectivity index (χ1v) is 7.86. The van der Waals surface area contributed by atoms with E-state index in [4.69, 9.17) is 10.3 Å². The number of amides is 2. The molecule has 0 aliphatic carbocycles. The van der Waals surface area contributed by atoms with E-state index in [-0.39, 0.29) is 30.3 Å². The number of hydrogen-bond acceptors (Lipinski definition) is 6. The number of carbonyl (C=O) groups is 2. The summed E-state index contributed by atoms with van der Waals surface area (Å²) in [4.78, 5) is 28.1. The highest BCUT2D eigenvalue weighted by Gasteiger charge is 2.27. The van der Waals surface area contributed by atoms with Crippen LogP contribution < -0.4 is 11.1 Å². The summed E-state index contributed by atoms with van der Waals surface area (Å²) in [6.45, 7) is 8.31. The highest BCUT2D eigenvalue weighted by atomic mass is 16.5. The molecule has 1 aliphatic rings. The Morgan fingerprint density at radius 2 is 2.00 bits per heavy atom. The van der Waals surface area contributed by atoms with E-state index < -0.39 is 0 Å². The summed E-state index contributed by atoms with van der Waals surface area (Å²) in [6, 6.07) is 1.52. The molecule has 1 aromatic rings. The molecule has 128 valence electrons. The maximum atomic E-state index is 12.2. The first-order valence-electron chi connectivity index (χ1n) is 7.86. The largest absolute Gasteiger partial charge is 0.360 e. The highest BCUT2D eigenvalue weighted by Crippen LogP contribution is 2.11. The number of carbonyl (C=O) groups excluding carboxylic acids is 2. The van der Waals surface area contributed by atoms with Crippen LogP contribution in [0.2, 0.25) is 0 Å². The van der Waals surface area contributed by atoms with Crippen LogP contribution in [0.25, 0.3) is 0 Å². The minimum absolute atomic E-state index is 0.0853. The standard InChI is InChI=1S/C15H25N5O3/c1-10-8-13(18-23-10)17-14(21)9-19-4-6-20(7-5-19)15(22)11(2)12(3)16/h8,11-12H,4-7,9,16H2,1-3H3,(H,17,18,21). The first-order chi connectivity index (χ1) is 10.9. The molecule has 0 aromatic carbocycles. The van der Waals surface area contributed by atoms with Crippen LogP contribution in [0.15, 0.2) is 10.6 Å². The van der Waals surface area contributed by atoms with Crippen LogP contribution >= 0.6 is 0 Å². The minimum atomic E-state index is -0.180. The van der Waals surface area contributed by atoms with Crippen molar-refractivity contribution in [3.05, 3.63) is 11.8 Å². The second kappa shape index (κ2) is 7.56. The summed E-state index contributed by atoms with van der Waals surface area (Å²) in [5, 5.41) is 6.42. The average Bonchev–Trinajstić information content (AvgIpc) is 2.91. The van der Waals surface area contributed by atoms with Crippen LogP contribution in [-0.2, 0) is 9.59 Å². The number of hydrogen-bond donors (Lipinski definition) is 2. The predicted octanol–water partition coefficient (Wildman–Crippen LogP) is 0.0490. The molecule has 8 heteroatoms. The molecule has 2 amide bonds. The zero-order valence-electron chi connectivity index (χ0n) is 13.9. The summed E-state index contributed by atoms with van der Waals surface area (Å²) in [6.07, 6.45) is 0. The van der Waals surface area contributed by atoms with E-state index in [1.807, 2.05) is 23.6 Å². The molecule has 2 unspecified atom stereocenters. The third-order valence-electron chi connectivity index (χ3n) is 4.12. The van der Waals surface area contributed by atoms with Crippen molar-refractivity contribution >= 4 is 17.6 Å². The molecular formula is C15H25N5O3. The van der Waals surface area contributed by atoms with Gasteiger partial charge in [-0.1, -0.05) is 12.1 Å². The number of piperazine rings is 1. The monoisotopic (exact) mass is 323 g/mol. The van der Waals surface area contributed by atoms with E-state index >= 15 is 0 Å². The number of aryl methyl sites for hydroxylation is 1. The number of anilines is 1. The zero-order chi connectivity index (χ0) is 17.0. The Kier molecular flexibility index (Phi) is 5.73. The van der Waals surface area contributed by atoms with Crippen molar-refractivity contribution in [3.8, 4) is 0 Å². The Hall–Kier alpha value is -1.93. The minimum Gasteiger partial charge on any atom is -0.360 e. The van der Waals surface area contributed by atoms with Crippen molar-refractivity contribution in [1.82, 2.24) is 15.0 Å². The van der Waals surface area contributed by atoms with Gasteiger partial charge in [0.15, 0.2) is 5.82 Å². The van der Waals surface area contributed by atoms with Crippen LogP contribution in [0.4, 0.5) is 5.82 Å². The Morgan fingerprint density at radius 3 is 2.52 bits per heavy atom. The molecule has 0 radical (unpaired) electrons. The molecule has 2 rings (SSSR count). The first kappa shape index (κ1) is 17.4. The van der Waals surface area contributed by atoms with Gasteiger partial charge in [0, 0.05) is 38.3 Å². The van der Waals surface area contributed by atoms with Gasteiger partial charge in [-0.3, -0.25) is 14.5 Å². The Morgan fingerprint density at radius 1 is 1.35 bits per heavy atom. The molecular weight excluding hydrogens is 298 g/mol. The van der Waals surface area contributed by atoms with Crippen LogP contribution in [0.5, 0.6) is 0 Å². The second-order valence-electron chi connectivity index (χ2n) is 6.12. The molecule has 1 aliphatic heterocycles. The van der Waals surface area contributed by atoms with Gasteiger partial charge in [0.2, 0.25) is 11.8 Å². The smallest absolute Gasteiger partial charge is 0.239 e. The van der Waals surface area contributed by atoms with E-state index in [0.29, 0.717) is 37.8 Å². The van der Waals surface area contributed by atoms with Gasteiger partial charge in [0.1, 0.15) is 5.76 Å². The molecule has 2 atom stereocenters. The second-order valence-corrected chi connectivity index (χ2v) is 6.12. The number of nitrogens with two attached hydrogens (primary N) is 1. The Bertz CT molecular complexity index is 549. The molecule has 0 saturated carbocycles. The van der Waals surface area contributed by atoms with Gasteiger partial charge in [0.25, 0.3) is 0 Å². The summed E-state index contributed by atoms with van der Waals surface area (Å²) in [5.41, 5.74) is 5.79. The lowest BCUT2D eigenvalue weighted by molar-refractivity contribution is -0.137. The van der Waals surface area contributed by atoms with E-state index in [9.17, 15) is 9.59 Å². The van der Waals surface area contributed by atoms with Crippen LogP contribution in [0.3, 0.4) is 0 Å². The van der Waals surface area contributed by atoms with Crippen molar-refractivity contribution in [2.24, 2.45) is 11.7 Å². The molecule has 1 aromatic heterocycles. The van der Waals surface area contributed by atoms with Crippen molar-refractivity contribution in [3.63, 3.8) is 0 Å². The number of aromatic nitrogens is 1. The predicted molar refractivity (Wildman–Crippen MR) is 85.7 cm³/mol. The quantitative estimate of drug-likeness (QED) is 0.793. The van der Waals surface area contributed by atoms with Gasteiger partial charge >= 0.3 is 0 Å². The molecule has 2 heterocycles. The molecule has 1 saturated heterocycles. The van der Waals surface area contributed by atoms with Crippen molar-refractivity contribution in [2.45, 2.75) is 26.8 Å². The summed E-state index contributed by atoms with van der Waals surface area (Å²) in [5.74, 6) is 0.840. The van der Waals surface area contributed by atoms with Gasteiger partial charge in [-0.05, 0) is 13.8 Å². The van der Waals surface area contributed by atoms with Crippen LogP contribution in [0.1, 0.15) is 19.6 Å². The summed E-state index contributed by atoms with van der Waals surface area (Å²) >= 11 is 0. The zero-order valence-corrected chi connectivity index (χ0v) is 13.9.